The molecule has 0 spiro atoms. The Morgan fingerprint density at radius 2 is 1.68 bits per heavy atom. The van der Waals surface area contributed by atoms with E-state index in [0.29, 0.717) is 11.5 Å². The van der Waals surface area contributed by atoms with Crippen LogP contribution in [0.25, 0.3) is 0 Å². The van der Waals surface area contributed by atoms with Crippen LogP contribution >= 0.6 is 0 Å². The van der Waals surface area contributed by atoms with Crippen molar-refractivity contribution in [1.82, 2.24) is 0 Å². The average Bonchev–Trinajstić information content (AvgIpc) is 2.39. The van der Waals surface area contributed by atoms with Crippen LogP contribution in [0.2, 0.25) is 0 Å². The first-order valence-corrected chi connectivity index (χ1v) is 7.33. The first kappa shape index (κ1) is 14.1. The molecular weight excluding hydrogens is 236 g/mol. The van der Waals surface area contributed by atoms with Gasteiger partial charge in [0.25, 0.3) is 0 Å². The van der Waals surface area contributed by atoms with Gasteiger partial charge in [-0.1, -0.05) is 32.4 Å². The molecule has 1 aromatic rings. The molecule has 1 aromatic carbocycles. The highest BCUT2D eigenvalue weighted by Gasteiger charge is 2.31. The molecular formula is C17H24O2. The third-order valence-electron chi connectivity index (χ3n) is 4.06. The molecule has 1 aliphatic rings. The van der Waals surface area contributed by atoms with E-state index in [9.17, 15) is 4.79 Å². The Kier molecular flexibility index (Phi) is 4.28. The van der Waals surface area contributed by atoms with E-state index in [1.54, 1.807) is 0 Å². The highest BCUT2D eigenvalue weighted by molar-refractivity contribution is 5.89. The highest BCUT2D eigenvalue weighted by Crippen LogP contribution is 2.31. The van der Waals surface area contributed by atoms with Crippen LogP contribution in [0.4, 0.5) is 0 Å². The normalized spacial score (nSPS) is 18.3. The molecule has 1 saturated carbocycles. The molecule has 1 aliphatic carbocycles. The van der Waals surface area contributed by atoms with Crippen LogP contribution in [0.1, 0.15) is 74.7 Å². The Balaban J connectivity index is 2.03. The fourth-order valence-electron chi connectivity index (χ4n) is 2.69. The highest BCUT2D eigenvalue weighted by atomic mass is 16.6. The van der Waals surface area contributed by atoms with Crippen LogP contribution < -0.4 is 0 Å². The summed E-state index contributed by atoms with van der Waals surface area (Å²) in [7, 11) is 0. The first-order chi connectivity index (χ1) is 9.00. The van der Waals surface area contributed by atoms with Crippen LogP contribution in [-0.2, 0) is 4.74 Å². The van der Waals surface area contributed by atoms with Gasteiger partial charge in [0.15, 0.2) is 0 Å². The van der Waals surface area contributed by atoms with E-state index in [0.717, 1.165) is 25.7 Å². The predicted molar refractivity (Wildman–Crippen MR) is 77.4 cm³/mol. The van der Waals surface area contributed by atoms with Crippen molar-refractivity contribution < 1.29 is 9.53 Å². The van der Waals surface area contributed by atoms with Crippen molar-refractivity contribution in [3.8, 4) is 0 Å². The molecule has 0 saturated heterocycles. The maximum Gasteiger partial charge on any atom is 0.338 e. The SMILES string of the molecule is CC(C)c1ccc(C(=O)OC2(C)CCCCC2)cc1. The third-order valence-corrected chi connectivity index (χ3v) is 4.06. The van der Waals surface area contributed by atoms with Gasteiger partial charge in [-0.2, -0.15) is 0 Å². The minimum absolute atomic E-state index is 0.181. The van der Waals surface area contributed by atoms with Crippen molar-refractivity contribution in [3.63, 3.8) is 0 Å². The number of ether oxygens (including phenoxy) is 1. The van der Waals surface area contributed by atoms with Crippen LogP contribution in [0.15, 0.2) is 24.3 Å². The Hall–Kier alpha value is -1.31. The minimum atomic E-state index is -0.258. The summed E-state index contributed by atoms with van der Waals surface area (Å²) in [6, 6.07) is 7.79. The van der Waals surface area contributed by atoms with Crippen LogP contribution in [-0.4, -0.2) is 11.6 Å². The number of esters is 1. The summed E-state index contributed by atoms with van der Waals surface area (Å²) >= 11 is 0. The lowest BCUT2D eigenvalue weighted by Crippen LogP contribution is -2.33. The fraction of sp³-hybridized carbons (Fsp3) is 0.588. The zero-order valence-electron chi connectivity index (χ0n) is 12.2. The Bertz CT molecular complexity index is 425. The van der Waals surface area contributed by atoms with E-state index in [2.05, 4.69) is 20.8 Å². The number of benzene rings is 1. The summed E-state index contributed by atoms with van der Waals surface area (Å²) in [6.07, 6.45) is 5.56. The molecule has 104 valence electrons. The van der Waals surface area contributed by atoms with Gasteiger partial charge < -0.3 is 4.74 Å². The van der Waals surface area contributed by atoms with Gasteiger partial charge in [-0.25, -0.2) is 4.79 Å². The van der Waals surface area contributed by atoms with Gasteiger partial charge in [-0.3, -0.25) is 0 Å². The zero-order valence-corrected chi connectivity index (χ0v) is 12.2. The first-order valence-electron chi connectivity index (χ1n) is 7.33. The van der Waals surface area contributed by atoms with Gasteiger partial charge in [0, 0.05) is 0 Å². The quantitative estimate of drug-likeness (QED) is 0.737. The smallest absolute Gasteiger partial charge is 0.338 e. The molecule has 2 heteroatoms. The largest absolute Gasteiger partial charge is 0.456 e. The molecule has 0 N–H and O–H groups in total. The second-order valence-electron chi connectivity index (χ2n) is 6.18. The van der Waals surface area contributed by atoms with Gasteiger partial charge in [-0.05, 0) is 56.2 Å². The van der Waals surface area contributed by atoms with E-state index >= 15 is 0 Å². The lowest BCUT2D eigenvalue weighted by Gasteiger charge is -2.33. The van der Waals surface area contributed by atoms with Gasteiger partial charge in [0.1, 0.15) is 5.60 Å². The van der Waals surface area contributed by atoms with Crippen molar-refractivity contribution in [2.45, 2.75) is 64.4 Å². The number of carbonyl (C=O) groups excluding carboxylic acids is 1. The molecule has 0 bridgehead atoms. The van der Waals surface area contributed by atoms with Crippen molar-refractivity contribution in [1.29, 1.82) is 0 Å². The minimum Gasteiger partial charge on any atom is -0.456 e. The lowest BCUT2D eigenvalue weighted by molar-refractivity contribution is -0.0269. The molecule has 0 unspecified atom stereocenters. The van der Waals surface area contributed by atoms with Gasteiger partial charge >= 0.3 is 5.97 Å². The summed E-state index contributed by atoms with van der Waals surface area (Å²) in [4.78, 5) is 12.2. The molecule has 1 fully saturated rings. The van der Waals surface area contributed by atoms with E-state index in [1.165, 1.54) is 12.0 Å². The summed E-state index contributed by atoms with van der Waals surface area (Å²) in [5, 5.41) is 0. The van der Waals surface area contributed by atoms with Crippen molar-refractivity contribution in [2.24, 2.45) is 0 Å². The van der Waals surface area contributed by atoms with Gasteiger partial charge in [-0.15, -0.1) is 0 Å². The third kappa shape index (κ3) is 3.59. The Labute approximate surface area is 116 Å². The molecule has 0 heterocycles. The maximum absolute atomic E-state index is 12.2. The summed E-state index contributed by atoms with van der Waals surface area (Å²) in [5.41, 5.74) is 1.66. The van der Waals surface area contributed by atoms with Crippen molar-refractivity contribution in [3.05, 3.63) is 35.4 Å². The monoisotopic (exact) mass is 260 g/mol. The second-order valence-corrected chi connectivity index (χ2v) is 6.18. The molecule has 19 heavy (non-hydrogen) atoms. The number of hydrogen-bond acceptors (Lipinski definition) is 2. The number of carbonyl (C=O) groups is 1. The zero-order chi connectivity index (χ0) is 13.9. The van der Waals surface area contributed by atoms with Crippen LogP contribution in [0.3, 0.4) is 0 Å². The number of hydrogen-bond donors (Lipinski definition) is 0. The standard InChI is InChI=1S/C17H24O2/c1-13(2)14-7-9-15(10-8-14)16(18)19-17(3)11-5-4-6-12-17/h7-10,13H,4-6,11-12H2,1-3H3. The summed E-state index contributed by atoms with van der Waals surface area (Å²) in [5.74, 6) is 0.306. The molecule has 0 aromatic heterocycles. The molecule has 2 nitrogen and oxygen atoms in total. The van der Waals surface area contributed by atoms with Crippen LogP contribution in [0.5, 0.6) is 0 Å². The molecule has 2 rings (SSSR count). The topological polar surface area (TPSA) is 26.3 Å². The van der Waals surface area contributed by atoms with Gasteiger partial charge in [0.2, 0.25) is 0 Å². The molecule has 0 amide bonds. The van der Waals surface area contributed by atoms with Crippen molar-refractivity contribution >= 4 is 5.97 Å². The predicted octanol–water partition coefficient (Wildman–Crippen LogP) is 4.69. The molecule has 0 atom stereocenters. The summed E-state index contributed by atoms with van der Waals surface area (Å²) < 4.78 is 5.73. The fourth-order valence-corrected chi connectivity index (χ4v) is 2.69. The van der Waals surface area contributed by atoms with E-state index in [-0.39, 0.29) is 11.6 Å². The van der Waals surface area contributed by atoms with E-state index in [4.69, 9.17) is 4.74 Å². The van der Waals surface area contributed by atoms with Gasteiger partial charge in [0.05, 0.1) is 5.56 Å². The van der Waals surface area contributed by atoms with Crippen LogP contribution in [0, 0.1) is 0 Å². The Morgan fingerprint density at radius 3 is 2.21 bits per heavy atom. The lowest BCUT2D eigenvalue weighted by atomic mass is 9.86. The number of rotatable bonds is 3. The van der Waals surface area contributed by atoms with E-state index < -0.39 is 0 Å². The van der Waals surface area contributed by atoms with E-state index in [1.807, 2.05) is 24.3 Å². The second kappa shape index (κ2) is 5.77. The summed E-state index contributed by atoms with van der Waals surface area (Å²) in [6.45, 7) is 6.36. The Morgan fingerprint density at radius 1 is 1.11 bits per heavy atom. The maximum atomic E-state index is 12.2. The molecule has 0 radical (unpaired) electrons. The molecule has 0 aliphatic heterocycles. The average molecular weight is 260 g/mol. The van der Waals surface area contributed by atoms with Crippen molar-refractivity contribution in [2.75, 3.05) is 0 Å².